The first-order valence-electron chi connectivity index (χ1n) is 12.4. The Balaban J connectivity index is 1.15. The lowest BCUT2D eigenvalue weighted by Crippen LogP contribution is -2.44. The lowest BCUT2D eigenvalue weighted by Gasteiger charge is -2.32. The van der Waals surface area contributed by atoms with Gasteiger partial charge >= 0.3 is 0 Å². The molecule has 0 aliphatic carbocycles. The van der Waals surface area contributed by atoms with E-state index in [2.05, 4.69) is 35.1 Å². The van der Waals surface area contributed by atoms with Crippen LogP contribution in [0.2, 0.25) is 0 Å². The number of carbonyl (C=O) groups is 2. The average Bonchev–Trinajstić information content (AvgIpc) is 3.26. The zero-order chi connectivity index (χ0) is 24.4. The largest absolute Gasteiger partial charge is 0.369 e. The molecule has 3 atom stereocenters. The Hall–Kier alpha value is -2.55. The van der Waals surface area contributed by atoms with Gasteiger partial charge in [0.15, 0.2) is 5.72 Å². The fourth-order valence-electron chi connectivity index (χ4n) is 5.46. The van der Waals surface area contributed by atoms with Crippen molar-refractivity contribution >= 4 is 29.3 Å². The van der Waals surface area contributed by atoms with E-state index in [1.807, 2.05) is 29.2 Å². The van der Waals surface area contributed by atoms with E-state index in [0.717, 1.165) is 42.6 Å². The van der Waals surface area contributed by atoms with E-state index in [0.29, 0.717) is 19.3 Å². The van der Waals surface area contributed by atoms with E-state index in [1.165, 1.54) is 10.5 Å². The minimum atomic E-state index is -0.999. The number of hydrogen-bond acceptors (Lipinski definition) is 6. The molecule has 2 saturated heterocycles. The topological polar surface area (TPSA) is 90.9 Å². The lowest BCUT2D eigenvalue weighted by molar-refractivity contribution is -0.133. The van der Waals surface area contributed by atoms with E-state index in [1.54, 1.807) is 11.8 Å². The minimum Gasteiger partial charge on any atom is -0.369 e. The molecule has 8 heteroatoms. The molecule has 2 fully saturated rings. The third-order valence-corrected chi connectivity index (χ3v) is 8.13. The zero-order valence-electron chi connectivity index (χ0n) is 20.1. The molecule has 0 aromatic heterocycles. The number of carbonyl (C=O) groups excluding carboxylic acids is 2. The summed E-state index contributed by atoms with van der Waals surface area (Å²) in [6.45, 7) is 1.03. The van der Waals surface area contributed by atoms with Gasteiger partial charge in [0.1, 0.15) is 0 Å². The van der Waals surface area contributed by atoms with Gasteiger partial charge in [-0.05, 0) is 61.6 Å². The van der Waals surface area contributed by atoms with Crippen LogP contribution in [-0.2, 0) is 20.7 Å². The third kappa shape index (κ3) is 5.20. The SMILES string of the molecule is CSc1ccccc1[C@H]1CCCN1C(=O)CNC(=O)CCc1ccc2c(c1)[C@H]1CC[C@](O)(CO1)N2. The van der Waals surface area contributed by atoms with Crippen LogP contribution in [-0.4, -0.2) is 53.5 Å². The van der Waals surface area contributed by atoms with Gasteiger partial charge in [-0.15, -0.1) is 11.8 Å². The number of aryl methyl sites for hydroxylation is 1. The number of nitrogens with one attached hydrogen (secondary N) is 2. The van der Waals surface area contributed by atoms with Crippen molar-refractivity contribution in [2.75, 3.05) is 31.3 Å². The van der Waals surface area contributed by atoms with Crippen molar-refractivity contribution in [3.8, 4) is 0 Å². The molecule has 2 amide bonds. The highest BCUT2D eigenvalue weighted by atomic mass is 32.2. The second-order valence-electron chi connectivity index (χ2n) is 9.68. The molecular weight excluding hydrogens is 462 g/mol. The summed E-state index contributed by atoms with van der Waals surface area (Å²) in [5, 5.41) is 16.6. The van der Waals surface area contributed by atoms with Crippen LogP contribution in [0.5, 0.6) is 0 Å². The highest BCUT2D eigenvalue weighted by molar-refractivity contribution is 7.98. The van der Waals surface area contributed by atoms with Crippen LogP contribution in [0.4, 0.5) is 5.69 Å². The van der Waals surface area contributed by atoms with Gasteiger partial charge in [-0.2, -0.15) is 0 Å². The summed E-state index contributed by atoms with van der Waals surface area (Å²) in [6, 6.07) is 14.3. The van der Waals surface area contributed by atoms with Crippen LogP contribution in [0, 0.1) is 0 Å². The van der Waals surface area contributed by atoms with E-state index < -0.39 is 5.72 Å². The van der Waals surface area contributed by atoms with Gasteiger partial charge in [0, 0.05) is 29.1 Å². The van der Waals surface area contributed by atoms with Gasteiger partial charge < -0.3 is 25.4 Å². The van der Waals surface area contributed by atoms with Gasteiger partial charge in [-0.1, -0.05) is 30.3 Å². The molecule has 0 spiro atoms. The first-order valence-corrected chi connectivity index (χ1v) is 13.6. The Morgan fingerprint density at radius 1 is 1.23 bits per heavy atom. The van der Waals surface area contributed by atoms with Crippen LogP contribution in [0.3, 0.4) is 0 Å². The predicted molar refractivity (Wildman–Crippen MR) is 136 cm³/mol. The number of fused-ring (bicyclic) bond motifs is 2. The minimum absolute atomic E-state index is 0.0272. The van der Waals surface area contributed by atoms with Crippen molar-refractivity contribution in [1.29, 1.82) is 0 Å². The van der Waals surface area contributed by atoms with E-state index in [9.17, 15) is 14.7 Å². The second kappa shape index (κ2) is 10.2. The molecule has 4 heterocycles. The number of nitrogens with zero attached hydrogens (tertiary/aromatic N) is 1. The Bertz CT molecular complexity index is 1100. The first-order chi connectivity index (χ1) is 17.0. The molecule has 3 N–H and O–H groups in total. The van der Waals surface area contributed by atoms with Crippen LogP contribution >= 0.6 is 11.8 Å². The van der Waals surface area contributed by atoms with Crippen molar-refractivity contribution in [3.05, 3.63) is 59.2 Å². The Labute approximate surface area is 210 Å². The monoisotopic (exact) mass is 495 g/mol. The summed E-state index contributed by atoms with van der Waals surface area (Å²) in [7, 11) is 0. The quantitative estimate of drug-likeness (QED) is 0.507. The molecule has 2 bridgehead atoms. The maximum Gasteiger partial charge on any atom is 0.242 e. The van der Waals surface area contributed by atoms with Gasteiger partial charge in [-0.3, -0.25) is 9.59 Å². The van der Waals surface area contributed by atoms with Crippen LogP contribution < -0.4 is 10.6 Å². The van der Waals surface area contributed by atoms with Gasteiger partial charge in [0.2, 0.25) is 11.8 Å². The van der Waals surface area contributed by atoms with Crippen LogP contribution in [0.25, 0.3) is 0 Å². The van der Waals surface area contributed by atoms with Crippen LogP contribution in [0.15, 0.2) is 47.4 Å². The highest BCUT2D eigenvalue weighted by Crippen LogP contribution is 2.42. The predicted octanol–water partition coefficient (Wildman–Crippen LogP) is 3.79. The first kappa shape index (κ1) is 24.2. The second-order valence-corrected chi connectivity index (χ2v) is 10.5. The molecule has 2 aromatic rings. The van der Waals surface area contributed by atoms with E-state index >= 15 is 0 Å². The molecule has 186 valence electrons. The molecule has 0 radical (unpaired) electrons. The van der Waals surface area contributed by atoms with Gasteiger partial charge in [0.05, 0.1) is 25.3 Å². The molecule has 4 aliphatic heterocycles. The third-order valence-electron chi connectivity index (χ3n) is 7.32. The maximum absolute atomic E-state index is 13.0. The van der Waals surface area contributed by atoms with Crippen molar-refractivity contribution < 1.29 is 19.4 Å². The molecule has 4 aliphatic rings. The highest BCUT2D eigenvalue weighted by Gasteiger charge is 2.39. The summed E-state index contributed by atoms with van der Waals surface area (Å²) in [6.07, 6.45) is 6.26. The number of hydrogen-bond donors (Lipinski definition) is 3. The van der Waals surface area contributed by atoms with E-state index in [4.69, 9.17) is 4.74 Å². The van der Waals surface area contributed by atoms with Crippen LogP contribution in [0.1, 0.15) is 60.9 Å². The van der Waals surface area contributed by atoms with Crippen molar-refractivity contribution in [2.24, 2.45) is 0 Å². The number of rotatable bonds is 7. The molecule has 0 saturated carbocycles. The summed E-state index contributed by atoms with van der Waals surface area (Å²) < 4.78 is 5.85. The number of thioether (sulfide) groups is 1. The number of anilines is 1. The number of benzene rings is 2. The summed E-state index contributed by atoms with van der Waals surface area (Å²) >= 11 is 1.70. The fourth-order valence-corrected chi connectivity index (χ4v) is 6.11. The van der Waals surface area contributed by atoms with Gasteiger partial charge in [0.25, 0.3) is 0 Å². The number of ether oxygens (including phenoxy) is 1. The summed E-state index contributed by atoms with van der Waals surface area (Å²) in [5.74, 6) is -0.156. The fraction of sp³-hybridized carbons (Fsp3) is 0.481. The maximum atomic E-state index is 13.0. The van der Waals surface area contributed by atoms with Gasteiger partial charge in [-0.25, -0.2) is 0 Å². The summed E-state index contributed by atoms with van der Waals surface area (Å²) in [5.41, 5.74) is 3.18. The normalized spacial score (nSPS) is 25.0. The number of amides is 2. The van der Waals surface area contributed by atoms with Crippen molar-refractivity contribution in [3.63, 3.8) is 0 Å². The zero-order valence-corrected chi connectivity index (χ0v) is 20.9. The van der Waals surface area contributed by atoms with Crippen molar-refractivity contribution in [2.45, 2.75) is 61.3 Å². The van der Waals surface area contributed by atoms with E-state index in [-0.39, 0.29) is 37.1 Å². The molecular formula is C27H33N3O4S. The molecule has 2 aromatic carbocycles. The number of aliphatic hydroxyl groups is 1. The molecule has 6 rings (SSSR count). The average molecular weight is 496 g/mol. The smallest absolute Gasteiger partial charge is 0.242 e. The molecule has 35 heavy (non-hydrogen) atoms. The Morgan fingerprint density at radius 3 is 2.89 bits per heavy atom. The lowest BCUT2D eigenvalue weighted by atomic mass is 9.97. The van der Waals surface area contributed by atoms with Crippen molar-refractivity contribution in [1.82, 2.24) is 10.2 Å². The number of likely N-dealkylation sites (tertiary alicyclic amines) is 1. The summed E-state index contributed by atoms with van der Waals surface area (Å²) in [4.78, 5) is 28.6. The Kier molecular flexibility index (Phi) is 7.05. The molecule has 7 nitrogen and oxygen atoms in total. The standard InChI is InChI=1S/C27H33N3O4S/c1-35-24-7-3-2-5-19(24)22-6-4-14-30(22)26(32)16-28-25(31)11-9-18-8-10-21-20(15-18)23-12-13-27(33,29-21)17-34-23/h2-3,5,7-8,10,15,22-23,29,33H,4,6,9,11-14,16-17H2,1H3,(H,28,31)/t22-,23-,27+/m1/s1. The molecule has 0 unspecified atom stereocenters. The Morgan fingerprint density at radius 2 is 2.09 bits per heavy atom.